The Morgan fingerprint density at radius 1 is 1.14 bits per heavy atom. The Labute approximate surface area is 185 Å². The van der Waals surface area contributed by atoms with Crippen LogP contribution in [0.4, 0.5) is 10.8 Å². The first kappa shape index (κ1) is 21.5. The molecule has 0 fully saturated rings. The van der Waals surface area contributed by atoms with Gasteiger partial charge in [-0.25, -0.2) is 0 Å². The van der Waals surface area contributed by atoms with Gasteiger partial charge in [-0.2, -0.15) is 0 Å². The standard InChI is InChI=1S/C20H19BrN4O2S2/c1-3-16(18(27)22-15-9-7-14(21)8-10-15)28-20-25-24-19(29-20)23-17(26)13-6-4-5-12(2)11-13/h4-11,16H,3H2,1-2H3,(H,22,27)(H,23,24,26)/t16-/m0/s1. The van der Waals surface area contributed by atoms with E-state index in [0.29, 0.717) is 21.5 Å². The van der Waals surface area contributed by atoms with Crippen molar-refractivity contribution < 1.29 is 9.59 Å². The highest BCUT2D eigenvalue weighted by Crippen LogP contribution is 2.31. The Kier molecular flexibility index (Phi) is 7.40. The second-order valence-corrected chi connectivity index (χ2v) is 9.55. The van der Waals surface area contributed by atoms with Gasteiger partial charge in [-0.05, 0) is 49.7 Å². The number of hydrogen-bond acceptors (Lipinski definition) is 6. The first-order valence-electron chi connectivity index (χ1n) is 8.89. The summed E-state index contributed by atoms with van der Waals surface area (Å²) in [5.41, 5.74) is 2.31. The molecule has 2 aromatic carbocycles. The third-order valence-electron chi connectivity index (χ3n) is 3.93. The third-order valence-corrected chi connectivity index (χ3v) is 6.74. The summed E-state index contributed by atoms with van der Waals surface area (Å²) >= 11 is 5.97. The van der Waals surface area contributed by atoms with Gasteiger partial charge in [0.15, 0.2) is 4.34 Å². The van der Waals surface area contributed by atoms with Crippen LogP contribution in [0.3, 0.4) is 0 Å². The summed E-state index contributed by atoms with van der Waals surface area (Å²) in [7, 11) is 0. The fourth-order valence-corrected chi connectivity index (χ4v) is 4.64. The molecule has 0 unspecified atom stereocenters. The molecule has 3 rings (SSSR count). The molecule has 29 heavy (non-hydrogen) atoms. The van der Waals surface area contributed by atoms with Crippen molar-refractivity contribution in [1.29, 1.82) is 0 Å². The number of carbonyl (C=O) groups is 2. The van der Waals surface area contributed by atoms with Gasteiger partial charge in [0.25, 0.3) is 5.91 Å². The van der Waals surface area contributed by atoms with E-state index in [1.54, 1.807) is 6.07 Å². The molecule has 0 saturated heterocycles. The van der Waals surface area contributed by atoms with Crippen LogP contribution in [-0.4, -0.2) is 27.3 Å². The molecule has 9 heteroatoms. The molecule has 1 aromatic heterocycles. The number of carbonyl (C=O) groups excluding carboxylic acids is 2. The molecular formula is C20H19BrN4O2S2. The summed E-state index contributed by atoms with van der Waals surface area (Å²) in [4.78, 5) is 24.9. The lowest BCUT2D eigenvalue weighted by Crippen LogP contribution is -2.24. The second-order valence-electron chi connectivity index (χ2n) is 6.21. The van der Waals surface area contributed by atoms with Crippen molar-refractivity contribution in [2.45, 2.75) is 29.9 Å². The highest BCUT2D eigenvalue weighted by atomic mass is 79.9. The second kappa shape index (κ2) is 10.00. The van der Waals surface area contributed by atoms with E-state index in [9.17, 15) is 9.59 Å². The largest absolute Gasteiger partial charge is 0.325 e. The minimum absolute atomic E-state index is 0.0969. The lowest BCUT2D eigenvalue weighted by Gasteiger charge is -2.13. The van der Waals surface area contributed by atoms with Crippen LogP contribution < -0.4 is 10.6 Å². The van der Waals surface area contributed by atoms with Gasteiger partial charge in [0.05, 0.1) is 5.25 Å². The average molecular weight is 491 g/mol. The molecule has 0 radical (unpaired) electrons. The molecule has 0 saturated carbocycles. The van der Waals surface area contributed by atoms with E-state index >= 15 is 0 Å². The quantitative estimate of drug-likeness (QED) is 0.343. The number of rotatable bonds is 7. The number of aromatic nitrogens is 2. The van der Waals surface area contributed by atoms with Crippen molar-refractivity contribution in [2.24, 2.45) is 0 Å². The van der Waals surface area contributed by atoms with E-state index < -0.39 is 0 Å². The highest BCUT2D eigenvalue weighted by Gasteiger charge is 2.21. The number of hydrogen-bond donors (Lipinski definition) is 2. The molecule has 0 aliphatic heterocycles. The van der Waals surface area contributed by atoms with E-state index in [0.717, 1.165) is 15.7 Å². The predicted molar refractivity (Wildman–Crippen MR) is 122 cm³/mol. The fourth-order valence-electron chi connectivity index (χ4n) is 2.46. The molecule has 6 nitrogen and oxygen atoms in total. The third kappa shape index (κ3) is 6.12. The van der Waals surface area contributed by atoms with Gasteiger partial charge in [0.1, 0.15) is 0 Å². The van der Waals surface area contributed by atoms with E-state index in [1.165, 1.54) is 23.1 Å². The highest BCUT2D eigenvalue weighted by molar-refractivity contribution is 9.10. The molecule has 150 valence electrons. The van der Waals surface area contributed by atoms with Crippen molar-refractivity contribution in [1.82, 2.24) is 10.2 Å². The molecule has 2 amide bonds. The Bertz CT molecular complexity index is 1010. The van der Waals surface area contributed by atoms with Crippen LogP contribution in [-0.2, 0) is 4.79 Å². The zero-order chi connectivity index (χ0) is 20.8. The molecule has 0 aliphatic rings. The number of benzene rings is 2. The maximum Gasteiger partial charge on any atom is 0.257 e. The summed E-state index contributed by atoms with van der Waals surface area (Å²) < 4.78 is 1.58. The van der Waals surface area contributed by atoms with Gasteiger partial charge in [-0.1, -0.05) is 63.6 Å². The van der Waals surface area contributed by atoms with Crippen LogP contribution in [0.1, 0.15) is 29.3 Å². The van der Waals surface area contributed by atoms with Crippen LogP contribution in [0.25, 0.3) is 0 Å². The summed E-state index contributed by atoms with van der Waals surface area (Å²) in [6.45, 7) is 3.88. The predicted octanol–water partition coefficient (Wildman–Crippen LogP) is 5.37. The smallest absolute Gasteiger partial charge is 0.257 e. The SMILES string of the molecule is CC[C@H](Sc1nnc(NC(=O)c2cccc(C)c2)s1)C(=O)Nc1ccc(Br)cc1. The normalized spacial score (nSPS) is 11.7. The lowest BCUT2D eigenvalue weighted by atomic mass is 10.1. The Balaban J connectivity index is 1.60. The Hall–Kier alpha value is -2.23. The molecule has 1 heterocycles. The minimum atomic E-state index is -0.313. The monoisotopic (exact) mass is 490 g/mol. The molecule has 3 aromatic rings. The fraction of sp³-hybridized carbons (Fsp3) is 0.200. The average Bonchev–Trinajstić information content (AvgIpc) is 3.14. The van der Waals surface area contributed by atoms with Crippen LogP contribution in [0.2, 0.25) is 0 Å². The van der Waals surface area contributed by atoms with Crippen LogP contribution in [0.5, 0.6) is 0 Å². The molecule has 2 N–H and O–H groups in total. The minimum Gasteiger partial charge on any atom is -0.325 e. The van der Waals surface area contributed by atoms with E-state index in [-0.39, 0.29) is 17.1 Å². The van der Waals surface area contributed by atoms with Crippen molar-refractivity contribution >= 4 is 61.7 Å². The van der Waals surface area contributed by atoms with Crippen molar-refractivity contribution in [3.63, 3.8) is 0 Å². The molecule has 0 aliphatic carbocycles. The van der Waals surface area contributed by atoms with Crippen LogP contribution in [0, 0.1) is 6.92 Å². The van der Waals surface area contributed by atoms with Gasteiger partial charge in [-0.3, -0.25) is 14.9 Å². The zero-order valence-corrected chi connectivity index (χ0v) is 19.0. The topological polar surface area (TPSA) is 84.0 Å². The summed E-state index contributed by atoms with van der Waals surface area (Å²) in [5.74, 6) is -0.332. The van der Waals surface area contributed by atoms with Gasteiger partial charge in [0.2, 0.25) is 11.0 Å². The van der Waals surface area contributed by atoms with Gasteiger partial charge >= 0.3 is 0 Å². The van der Waals surface area contributed by atoms with Gasteiger partial charge in [0, 0.05) is 15.7 Å². The number of aryl methyl sites for hydroxylation is 1. The van der Waals surface area contributed by atoms with Crippen molar-refractivity contribution in [3.05, 3.63) is 64.1 Å². The van der Waals surface area contributed by atoms with E-state index in [4.69, 9.17) is 0 Å². The Morgan fingerprint density at radius 3 is 2.59 bits per heavy atom. The van der Waals surface area contributed by atoms with Crippen molar-refractivity contribution in [2.75, 3.05) is 10.6 Å². The van der Waals surface area contributed by atoms with E-state index in [2.05, 4.69) is 36.8 Å². The zero-order valence-electron chi connectivity index (χ0n) is 15.8. The first-order valence-corrected chi connectivity index (χ1v) is 11.4. The summed E-state index contributed by atoms with van der Waals surface area (Å²) in [5, 5.41) is 13.9. The number of nitrogens with one attached hydrogen (secondary N) is 2. The number of nitrogens with zero attached hydrogens (tertiary/aromatic N) is 2. The lowest BCUT2D eigenvalue weighted by molar-refractivity contribution is -0.115. The number of halogens is 1. The molecule has 0 bridgehead atoms. The molecule has 0 spiro atoms. The maximum atomic E-state index is 12.6. The summed E-state index contributed by atoms with van der Waals surface area (Å²) in [6, 6.07) is 14.7. The number of amides is 2. The van der Waals surface area contributed by atoms with E-state index in [1.807, 2.05) is 56.3 Å². The molecule has 1 atom stereocenters. The Morgan fingerprint density at radius 2 is 1.90 bits per heavy atom. The summed E-state index contributed by atoms with van der Waals surface area (Å²) in [6.07, 6.45) is 0.637. The maximum absolute atomic E-state index is 12.6. The van der Waals surface area contributed by atoms with Gasteiger partial charge in [-0.15, -0.1) is 10.2 Å². The number of thioether (sulfide) groups is 1. The van der Waals surface area contributed by atoms with Gasteiger partial charge < -0.3 is 5.32 Å². The van der Waals surface area contributed by atoms with Crippen LogP contribution in [0.15, 0.2) is 57.3 Å². The first-order chi connectivity index (χ1) is 13.9. The van der Waals surface area contributed by atoms with Crippen LogP contribution >= 0.6 is 39.0 Å². The molecular weight excluding hydrogens is 472 g/mol. The van der Waals surface area contributed by atoms with Crippen molar-refractivity contribution in [3.8, 4) is 0 Å². The number of anilines is 2.